The number of thioether (sulfide) groups is 1. The largest absolute Gasteiger partial charge is 0.497 e. The van der Waals surface area contributed by atoms with Crippen LogP contribution in [0, 0.1) is 0 Å². The average molecular weight is 396 g/mol. The standard InChI is InChI=1S/C21H20N2O4S/c1-14(26-19(24)13-6-15-4-11-18(28-3)12-5-15)20-22-23-21(27-20)16-7-9-17(25-2)10-8-16/h4-14H,1-3H3/b13-6+/t14-/m1/s1. The molecule has 0 aliphatic heterocycles. The minimum Gasteiger partial charge on any atom is -0.497 e. The number of carbonyl (C=O) groups is 1. The molecule has 0 bridgehead atoms. The number of hydrogen-bond donors (Lipinski definition) is 0. The number of esters is 1. The van der Waals surface area contributed by atoms with Crippen molar-refractivity contribution in [2.24, 2.45) is 0 Å². The van der Waals surface area contributed by atoms with E-state index < -0.39 is 12.1 Å². The number of benzene rings is 2. The average Bonchev–Trinajstić information content (AvgIpc) is 3.23. The number of methoxy groups -OCH3 is 1. The van der Waals surface area contributed by atoms with E-state index in [1.165, 1.54) is 6.08 Å². The van der Waals surface area contributed by atoms with Gasteiger partial charge in [-0.2, -0.15) is 0 Å². The summed E-state index contributed by atoms with van der Waals surface area (Å²) in [6.45, 7) is 1.68. The maximum Gasteiger partial charge on any atom is 0.331 e. The Morgan fingerprint density at radius 1 is 1.11 bits per heavy atom. The molecule has 7 heteroatoms. The topological polar surface area (TPSA) is 74.5 Å². The number of hydrogen-bond acceptors (Lipinski definition) is 7. The van der Waals surface area contributed by atoms with Gasteiger partial charge in [0.2, 0.25) is 5.89 Å². The highest BCUT2D eigenvalue weighted by Crippen LogP contribution is 2.24. The predicted octanol–water partition coefficient (Wildman–Crippen LogP) is 4.78. The second-order valence-electron chi connectivity index (χ2n) is 5.86. The van der Waals surface area contributed by atoms with Crippen LogP contribution in [0.5, 0.6) is 5.75 Å². The Bertz CT molecular complexity index is 949. The molecule has 0 spiro atoms. The molecule has 0 fully saturated rings. The van der Waals surface area contributed by atoms with Crippen LogP contribution >= 0.6 is 11.8 Å². The maximum absolute atomic E-state index is 12.1. The van der Waals surface area contributed by atoms with E-state index in [0.29, 0.717) is 5.89 Å². The van der Waals surface area contributed by atoms with Gasteiger partial charge in [-0.1, -0.05) is 12.1 Å². The number of rotatable bonds is 7. The normalized spacial score (nSPS) is 12.1. The fourth-order valence-electron chi connectivity index (χ4n) is 2.39. The second-order valence-corrected chi connectivity index (χ2v) is 6.74. The van der Waals surface area contributed by atoms with Crippen molar-refractivity contribution in [1.29, 1.82) is 0 Å². The summed E-state index contributed by atoms with van der Waals surface area (Å²) in [6, 6.07) is 15.1. The Kier molecular flexibility index (Phi) is 6.49. The Morgan fingerprint density at radius 2 is 1.82 bits per heavy atom. The lowest BCUT2D eigenvalue weighted by molar-refractivity contribution is -0.143. The van der Waals surface area contributed by atoms with Gasteiger partial charge in [-0.3, -0.25) is 0 Å². The highest BCUT2D eigenvalue weighted by molar-refractivity contribution is 7.98. The van der Waals surface area contributed by atoms with Crippen molar-refractivity contribution < 1.29 is 18.7 Å². The highest BCUT2D eigenvalue weighted by Gasteiger charge is 2.18. The summed E-state index contributed by atoms with van der Waals surface area (Å²) in [4.78, 5) is 13.2. The second kappa shape index (κ2) is 9.23. The quantitative estimate of drug-likeness (QED) is 0.323. The van der Waals surface area contributed by atoms with Crippen LogP contribution in [0.2, 0.25) is 0 Å². The van der Waals surface area contributed by atoms with E-state index in [0.717, 1.165) is 21.8 Å². The molecule has 0 saturated carbocycles. The summed E-state index contributed by atoms with van der Waals surface area (Å²) in [5, 5.41) is 7.99. The molecule has 0 N–H and O–H groups in total. The fourth-order valence-corrected chi connectivity index (χ4v) is 2.80. The molecule has 0 radical (unpaired) electrons. The lowest BCUT2D eigenvalue weighted by Crippen LogP contribution is -2.06. The van der Waals surface area contributed by atoms with Crippen LogP contribution in [0.1, 0.15) is 24.5 Å². The van der Waals surface area contributed by atoms with Crippen molar-refractivity contribution in [3.05, 3.63) is 66.1 Å². The first kappa shape index (κ1) is 19.7. The summed E-state index contributed by atoms with van der Waals surface area (Å²) >= 11 is 1.66. The van der Waals surface area contributed by atoms with Gasteiger partial charge < -0.3 is 13.9 Å². The van der Waals surface area contributed by atoms with Gasteiger partial charge in [-0.15, -0.1) is 22.0 Å². The van der Waals surface area contributed by atoms with Crippen LogP contribution in [-0.2, 0) is 9.53 Å². The third-order valence-electron chi connectivity index (χ3n) is 3.95. The molecular weight excluding hydrogens is 376 g/mol. The molecule has 2 aromatic carbocycles. The molecule has 28 heavy (non-hydrogen) atoms. The Balaban J connectivity index is 1.60. The molecule has 0 amide bonds. The molecule has 1 heterocycles. The van der Waals surface area contributed by atoms with Crippen molar-refractivity contribution in [2.45, 2.75) is 17.9 Å². The number of ether oxygens (including phenoxy) is 2. The van der Waals surface area contributed by atoms with Gasteiger partial charge in [0.25, 0.3) is 5.89 Å². The van der Waals surface area contributed by atoms with Crippen LogP contribution in [-0.4, -0.2) is 29.5 Å². The van der Waals surface area contributed by atoms with Gasteiger partial charge in [0.05, 0.1) is 7.11 Å². The van der Waals surface area contributed by atoms with Gasteiger partial charge in [0.15, 0.2) is 6.10 Å². The summed E-state index contributed by atoms with van der Waals surface area (Å²) in [7, 11) is 1.60. The Morgan fingerprint density at radius 3 is 2.46 bits per heavy atom. The lowest BCUT2D eigenvalue weighted by atomic mass is 10.2. The van der Waals surface area contributed by atoms with Crippen molar-refractivity contribution in [3.8, 4) is 17.2 Å². The molecule has 0 unspecified atom stereocenters. The van der Waals surface area contributed by atoms with Crippen molar-refractivity contribution in [3.63, 3.8) is 0 Å². The first-order chi connectivity index (χ1) is 13.6. The minimum atomic E-state index is -0.657. The summed E-state index contributed by atoms with van der Waals surface area (Å²) < 4.78 is 16.1. The molecule has 3 rings (SSSR count). The van der Waals surface area contributed by atoms with Crippen LogP contribution in [0.4, 0.5) is 0 Å². The van der Waals surface area contributed by atoms with Gasteiger partial charge in [0.1, 0.15) is 5.75 Å². The molecule has 0 aliphatic carbocycles. The SMILES string of the molecule is COc1ccc(-c2nnc([C@@H](C)OC(=O)/C=C/c3ccc(SC)cc3)o2)cc1. The first-order valence-electron chi connectivity index (χ1n) is 8.59. The van der Waals surface area contributed by atoms with Crippen LogP contribution in [0.25, 0.3) is 17.5 Å². The van der Waals surface area contributed by atoms with Crippen molar-refractivity contribution in [2.75, 3.05) is 13.4 Å². The van der Waals surface area contributed by atoms with Gasteiger partial charge >= 0.3 is 5.97 Å². The van der Waals surface area contributed by atoms with Crippen LogP contribution < -0.4 is 4.74 Å². The third kappa shape index (κ3) is 5.01. The van der Waals surface area contributed by atoms with Crippen LogP contribution in [0.3, 0.4) is 0 Å². The molecule has 144 valence electrons. The van der Waals surface area contributed by atoms with E-state index in [2.05, 4.69) is 10.2 Å². The Labute approximate surface area is 167 Å². The monoisotopic (exact) mass is 396 g/mol. The molecule has 1 atom stereocenters. The van der Waals surface area contributed by atoms with Crippen LogP contribution in [0.15, 0.2) is 63.9 Å². The zero-order chi connectivity index (χ0) is 19.9. The van der Waals surface area contributed by atoms with E-state index in [4.69, 9.17) is 13.9 Å². The number of carbonyl (C=O) groups excluding carboxylic acids is 1. The number of nitrogens with zero attached hydrogens (tertiary/aromatic N) is 2. The minimum absolute atomic E-state index is 0.233. The zero-order valence-corrected chi connectivity index (χ0v) is 16.6. The van der Waals surface area contributed by atoms with Gasteiger partial charge in [0, 0.05) is 16.5 Å². The molecule has 3 aromatic rings. The van der Waals surface area contributed by atoms with Gasteiger partial charge in [-0.05, 0) is 61.2 Å². The fraction of sp³-hybridized carbons (Fsp3) is 0.190. The lowest BCUT2D eigenvalue weighted by Gasteiger charge is -2.06. The van der Waals surface area contributed by atoms with E-state index in [1.807, 2.05) is 42.7 Å². The zero-order valence-electron chi connectivity index (χ0n) is 15.8. The molecule has 0 aliphatic rings. The summed E-state index contributed by atoms with van der Waals surface area (Å²) in [6.07, 6.45) is 4.44. The highest BCUT2D eigenvalue weighted by atomic mass is 32.2. The smallest absolute Gasteiger partial charge is 0.331 e. The van der Waals surface area contributed by atoms with Crippen molar-refractivity contribution >= 4 is 23.8 Å². The maximum atomic E-state index is 12.1. The molecular formula is C21H20N2O4S. The van der Waals surface area contributed by atoms with Crippen molar-refractivity contribution in [1.82, 2.24) is 10.2 Å². The van der Waals surface area contributed by atoms with E-state index in [-0.39, 0.29) is 5.89 Å². The number of aromatic nitrogens is 2. The Hall–Kier alpha value is -3.06. The summed E-state index contributed by atoms with van der Waals surface area (Å²) in [5.41, 5.74) is 1.67. The van der Waals surface area contributed by atoms with E-state index >= 15 is 0 Å². The molecule has 6 nitrogen and oxygen atoms in total. The van der Waals surface area contributed by atoms with E-state index in [9.17, 15) is 4.79 Å². The predicted molar refractivity (Wildman–Crippen MR) is 108 cm³/mol. The molecule has 0 saturated heterocycles. The third-order valence-corrected chi connectivity index (χ3v) is 4.69. The summed E-state index contributed by atoms with van der Waals surface area (Å²) in [5.74, 6) is 0.841. The molecule has 1 aromatic heterocycles. The van der Waals surface area contributed by atoms with Gasteiger partial charge in [-0.25, -0.2) is 4.79 Å². The van der Waals surface area contributed by atoms with E-state index in [1.54, 1.807) is 44.0 Å². The first-order valence-corrected chi connectivity index (χ1v) is 9.82.